The van der Waals surface area contributed by atoms with E-state index in [4.69, 9.17) is 57.2 Å². The van der Waals surface area contributed by atoms with Gasteiger partial charge < -0.3 is 83.8 Å². The first kappa shape index (κ1) is 64.6. The van der Waals surface area contributed by atoms with Crippen LogP contribution in [0.1, 0.15) is 65.7 Å². The largest absolute Gasteiger partial charge is 0.478 e. The number of aliphatic carboxylic acids is 1. The van der Waals surface area contributed by atoms with Crippen molar-refractivity contribution in [2.45, 2.75) is 77.4 Å². The van der Waals surface area contributed by atoms with Gasteiger partial charge in [-0.25, -0.2) is 4.79 Å². The van der Waals surface area contributed by atoms with Crippen LogP contribution in [0.15, 0.2) is 12.2 Å². The third-order valence-corrected chi connectivity index (χ3v) is 8.52. The van der Waals surface area contributed by atoms with Gasteiger partial charge in [0.25, 0.3) is 0 Å². The number of ether oxygens (including phenoxy) is 11. The van der Waals surface area contributed by atoms with Gasteiger partial charge >= 0.3 is 11.9 Å². The molecule has 5 amide bonds. The topological polar surface area (TPSA) is 301 Å². The van der Waals surface area contributed by atoms with Crippen LogP contribution in [0, 0.1) is 0 Å². The van der Waals surface area contributed by atoms with Crippen LogP contribution in [0.4, 0.5) is 0 Å². The van der Waals surface area contributed by atoms with Gasteiger partial charge in [0, 0.05) is 51.7 Å². The average molecular weight is 996 g/mol. The van der Waals surface area contributed by atoms with E-state index < -0.39 is 47.2 Å². The van der Waals surface area contributed by atoms with E-state index in [0.717, 1.165) is 6.08 Å². The minimum atomic E-state index is -1.27. The molecule has 400 valence electrons. The van der Waals surface area contributed by atoms with E-state index in [0.29, 0.717) is 131 Å². The lowest BCUT2D eigenvalue weighted by molar-refractivity contribution is -0.154. The number of carbonyl (C=O) groups excluding carboxylic acids is 6. The molecule has 0 radical (unpaired) electrons. The number of amides is 5. The number of nitrogens with one attached hydrogen (secondary N) is 5. The summed E-state index contributed by atoms with van der Waals surface area (Å²) >= 11 is 0. The molecule has 0 aromatic heterocycles. The summed E-state index contributed by atoms with van der Waals surface area (Å²) in [6.45, 7) is 13.2. The minimum absolute atomic E-state index is 0.0186. The molecular formula is C45H81N5O19. The highest BCUT2D eigenvalue weighted by molar-refractivity contribution is 5.94. The smallest absolute Gasteiger partial charge is 0.328 e. The van der Waals surface area contributed by atoms with Gasteiger partial charge in [-0.1, -0.05) is 0 Å². The second-order valence-electron chi connectivity index (χ2n) is 15.7. The number of carbonyl (C=O) groups is 7. The number of rotatable bonds is 48. The molecule has 24 heteroatoms. The zero-order valence-electron chi connectivity index (χ0n) is 41.2. The summed E-state index contributed by atoms with van der Waals surface area (Å²) in [7, 11) is 1.63. The lowest BCUT2D eigenvalue weighted by Gasteiger charge is -2.19. The average Bonchev–Trinajstić information content (AvgIpc) is 3.30. The standard InChI is InChI=1S/C45H81N5O19/c1-45(2,3)69-43(57)35-49-38(51)10-7-16-48-44(58)37(50-40(53)11-8-15-46-39(52)12-13-42(55)56)9-5-6-14-47-41(54)36-68-34-33-67-32-31-66-30-29-65-28-27-64-26-25-63-24-23-62-22-21-61-20-19-60-18-17-59-4/h12-13,37H,5-11,14-36H2,1-4H3,(H,46,52)(H,47,54)(H,48,58)(H,49,51)(H,50,53)(H,55,56). The lowest BCUT2D eigenvalue weighted by Crippen LogP contribution is -2.47. The first-order chi connectivity index (χ1) is 33.2. The van der Waals surface area contributed by atoms with Crippen molar-refractivity contribution in [3.05, 3.63) is 12.2 Å². The molecule has 69 heavy (non-hydrogen) atoms. The number of hydrogen-bond acceptors (Lipinski definition) is 18. The predicted molar refractivity (Wildman–Crippen MR) is 248 cm³/mol. The summed E-state index contributed by atoms with van der Waals surface area (Å²) in [6.07, 6.45) is 3.30. The number of carboxylic acids is 1. The molecule has 1 atom stereocenters. The molecule has 24 nitrogen and oxygen atoms in total. The molecule has 0 spiro atoms. The molecule has 0 rings (SSSR count). The van der Waals surface area contributed by atoms with Crippen molar-refractivity contribution in [3.8, 4) is 0 Å². The Morgan fingerprint density at radius 3 is 1.39 bits per heavy atom. The Balaban J connectivity index is 4.08. The zero-order valence-corrected chi connectivity index (χ0v) is 41.2. The van der Waals surface area contributed by atoms with Gasteiger partial charge in [0.2, 0.25) is 29.5 Å². The van der Waals surface area contributed by atoms with Crippen LogP contribution in [0.2, 0.25) is 0 Å². The molecule has 6 N–H and O–H groups in total. The summed E-state index contributed by atoms with van der Waals surface area (Å²) in [5.41, 5.74) is -0.683. The molecule has 0 aliphatic heterocycles. The van der Waals surface area contributed by atoms with Crippen molar-refractivity contribution in [1.29, 1.82) is 0 Å². The highest BCUT2D eigenvalue weighted by Gasteiger charge is 2.21. The maximum absolute atomic E-state index is 13.1. The van der Waals surface area contributed by atoms with Gasteiger partial charge in [-0.3, -0.25) is 28.8 Å². The van der Waals surface area contributed by atoms with Crippen molar-refractivity contribution in [1.82, 2.24) is 26.6 Å². The Bertz CT molecular complexity index is 1400. The van der Waals surface area contributed by atoms with E-state index in [1.54, 1.807) is 27.9 Å². The van der Waals surface area contributed by atoms with Crippen LogP contribution in [0.3, 0.4) is 0 Å². The van der Waals surface area contributed by atoms with E-state index in [2.05, 4.69) is 26.6 Å². The molecule has 0 aliphatic rings. The number of carboxylic acid groups (broad SMARTS) is 1. The van der Waals surface area contributed by atoms with Crippen LogP contribution in [-0.2, 0) is 85.7 Å². The minimum Gasteiger partial charge on any atom is -0.478 e. The second-order valence-corrected chi connectivity index (χ2v) is 15.7. The summed E-state index contributed by atoms with van der Waals surface area (Å²) in [6, 6.07) is -0.912. The van der Waals surface area contributed by atoms with Gasteiger partial charge in [-0.2, -0.15) is 0 Å². The maximum Gasteiger partial charge on any atom is 0.328 e. The van der Waals surface area contributed by atoms with E-state index in [1.807, 2.05) is 0 Å². The Morgan fingerprint density at radius 1 is 0.493 bits per heavy atom. The van der Waals surface area contributed by atoms with Gasteiger partial charge in [0.1, 0.15) is 24.8 Å². The number of esters is 1. The lowest BCUT2D eigenvalue weighted by atomic mass is 10.1. The van der Waals surface area contributed by atoms with E-state index >= 15 is 0 Å². The van der Waals surface area contributed by atoms with E-state index in [1.165, 1.54) is 0 Å². The van der Waals surface area contributed by atoms with Crippen LogP contribution in [0.5, 0.6) is 0 Å². The molecule has 0 saturated heterocycles. The summed E-state index contributed by atoms with van der Waals surface area (Å²) < 4.78 is 58.9. The predicted octanol–water partition coefficient (Wildman–Crippen LogP) is -0.555. The van der Waals surface area contributed by atoms with Gasteiger partial charge in [0.05, 0.1) is 119 Å². The quantitative estimate of drug-likeness (QED) is 0.0253. The van der Waals surface area contributed by atoms with Gasteiger partial charge in [0.15, 0.2) is 0 Å². The fourth-order valence-corrected chi connectivity index (χ4v) is 5.24. The van der Waals surface area contributed by atoms with Crippen molar-refractivity contribution < 1.29 is 90.8 Å². The molecule has 1 unspecified atom stereocenters. The second kappa shape index (κ2) is 46.0. The number of unbranched alkanes of at least 4 members (excludes halogenated alkanes) is 1. The molecular weight excluding hydrogens is 915 g/mol. The molecule has 0 bridgehead atoms. The van der Waals surface area contributed by atoms with E-state index in [9.17, 15) is 33.6 Å². The Hall–Kier alpha value is -4.37. The first-order valence-corrected chi connectivity index (χ1v) is 23.4. The Morgan fingerprint density at radius 2 is 0.928 bits per heavy atom. The van der Waals surface area contributed by atoms with E-state index in [-0.39, 0.29) is 77.5 Å². The normalized spacial score (nSPS) is 11.8. The summed E-state index contributed by atoms with van der Waals surface area (Å²) in [4.78, 5) is 84.2. The zero-order chi connectivity index (χ0) is 51.1. The fourth-order valence-electron chi connectivity index (χ4n) is 5.24. The van der Waals surface area contributed by atoms with Gasteiger partial charge in [-0.05, 0) is 52.9 Å². The highest BCUT2D eigenvalue weighted by atomic mass is 16.6. The summed E-state index contributed by atoms with van der Waals surface area (Å²) in [5.74, 6) is -4.08. The number of hydrogen-bond donors (Lipinski definition) is 6. The third-order valence-electron chi connectivity index (χ3n) is 8.52. The van der Waals surface area contributed by atoms with Gasteiger partial charge in [-0.15, -0.1) is 0 Å². The number of methoxy groups -OCH3 is 1. The van der Waals surface area contributed by atoms with Crippen molar-refractivity contribution in [2.75, 3.05) is 159 Å². The molecule has 0 aromatic carbocycles. The SMILES string of the molecule is COCCOCCOCCOCCOCCOCCOCCOCCOCCOCC(=O)NCCCCC(NC(=O)CCCNC(=O)C=CC(=O)O)C(=O)NCCCC(=O)NCC(=O)OC(C)(C)C. The molecule has 0 fully saturated rings. The Labute approximate surface area is 406 Å². The summed E-state index contributed by atoms with van der Waals surface area (Å²) in [5, 5.41) is 21.7. The molecule has 0 heterocycles. The molecule has 0 aromatic rings. The monoisotopic (exact) mass is 996 g/mol. The Kier molecular flexibility index (Phi) is 43.1. The first-order valence-electron chi connectivity index (χ1n) is 23.4. The van der Waals surface area contributed by atoms with Crippen LogP contribution >= 0.6 is 0 Å². The van der Waals surface area contributed by atoms with Crippen LogP contribution in [-0.4, -0.2) is 217 Å². The van der Waals surface area contributed by atoms with Crippen LogP contribution in [0.25, 0.3) is 0 Å². The van der Waals surface area contributed by atoms with Crippen molar-refractivity contribution in [3.63, 3.8) is 0 Å². The fraction of sp³-hybridized carbons (Fsp3) is 0.800. The maximum atomic E-state index is 13.1. The third kappa shape index (κ3) is 48.4. The van der Waals surface area contributed by atoms with Crippen molar-refractivity contribution >= 4 is 41.5 Å². The molecule has 0 aliphatic carbocycles. The molecule has 0 saturated carbocycles. The van der Waals surface area contributed by atoms with Crippen LogP contribution < -0.4 is 26.6 Å². The van der Waals surface area contributed by atoms with Crippen molar-refractivity contribution in [2.24, 2.45) is 0 Å². The highest BCUT2D eigenvalue weighted by Crippen LogP contribution is 2.06.